The summed E-state index contributed by atoms with van der Waals surface area (Å²) in [5, 5.41) is 13.1. The molecule has 0 aliphatic heterocycles. The number of phenols is 1. The summed E-state index contributed by atoms with van der Waals surface area (Å²) >= 11 is 1.88. The smallest absolute Gasteiger partial charge is 0.224 e. The molecule has 2 unspecified atom stereocenters. The van der Waals surface area contributed by atoms with Crippen molar-refractivity contribution in [2.75, 3.05) is 6.26 Å². The second kappa shape index (κ2) is 6.14. The molecule has 0 aromatic heterocycles. The van der Waals surface area contributed by atoms with Gasteiger partial charge in [-0.1, -0.05) is 12.1 Å². The summed E-state index contributed by atoms with van der Waals surface area (Å²) in [5.74, 6) is 0.260. The summed E-state index contributed by atoms with van der Waals surface area (Å²) < 4.78 is 0. The van der Waals surface area contributed by atoms with E-state index in [1.807, 2.05) is 17.8 Å². The summed E-state index contributed by atoms with van der Waals surface area (Å²) in [7, 11) is 0. The molecule has 0 spiro atoms. The number of phenolic OH excluding ortho intramolecular Hbond substituents is 1. The predicted molar refractivity (Wildman–Crippen MR) is 74.9 cm³/mol. The van der Waals surface area contributed by atoms with Crippen LogP contribution in [-0.2, 0) is 11.2 Å². The van der Waals surface area contributed by atoms with E-state index < -0.39 is 0 Å². The molecule has 0 saturated heterocycles. The first-order chi connectivity index (χ1) is 8.67. The van der Waals surface area contributed by atoms with Crippen LogP contribution in [0.15, 0.2) is 24.3 Å². The second-order valence-electron chi connectivity index (χ2n) is 4.78. The van der Waals surface area contributed by atoms with Gasteiger partial charge in [-0.25, -0.2) is 0 Å². The van der Waals surface area contributed by atoms with E-state index in [1.165, 1.54) is 6.42 Å². The third-order valence-corrected chi connectivity index (χ3v) is 4.45. The van der Waals surface area contributed by atoms with Gasteiger partial charge in [-0.05, 0) is 43.2 Å². The molecule has 0 bridgehead atoms. The van der Waals surface area contributed by atoms with Gasteiger partial charge in [0.1, 0.15) is 5.75 Å². The molecular weight excluding hydrogens is 246 g/mol. The van der Waals surface area contributed by atoms with Crippen molar-refractivity contribution in [3.05, 3.63) is 29.8 Å². The van der Waals surface area contributed by atoms with Gasteiger partial charge in [-0.3, -0.25) is 4.79 Å². The third kappa shape index (κ3) is 3.67. The molecule has 98 valence electrons. The van der Waals surface area contributed by atoms with E-state index in [0.29, 0.717) is 17.7 Å². The molecule has 1 fully saturated rings. The molecule has 3 nitrogen and oxygen atoms in total. The maximum Gasteiger partial charge on any atom is 0.224 e. The molecule has 2 atom stereocenters. The maximum absolute atomic E-state index is 11.9. The summed E-state index contributed by atoms with van der Waals surface area (Å²) in [6, 6.07) is 7.20. The Labute approximate surface area is 112 Å². The van der Waals surface area contributed by atoms with Crippen LogP contribution in [0, 0.1) is 0 Å². The van der Waals surface area contributed by atoms with Crippen LogP contribution in [0.5, 0.6) is 5.75 Å². The molecule has 18 heavy (non-hydrogen) atoms. The Balaban J connectivity index is 1.82. The normalized spacial score (nSPS) is 22.9. The van der Waals surface area contributed by atoms with Crippen molar-refractivity contribution in [1.29, 1.82) is 0 Å². The van der Waals surface area contributed by atoms with Crippen molar-refractivity contribution in [3.63, 3.8) is 0 Å². The highest BCUT2D eigenvalue weighted by Crippen LogP contribution is 2.28. The van der Waals surface area contributed by atoms with Gasteiger partial charge in [0.25, 0.3) is 0 Å². The van der Waals surface area contributed by atoms with Crippen molar-refractivity contribution < 1.29 is 9.90 Å². The maximum atomic E-state index is 11.9. The Bertz CT molecular complexity index is 422. The van der Waals surface area contributed by atoms with Crippen LogP contribution in [0.3, 0.4) is 0 Å². The van der Waals surface area contributed by atoms with E-state index in [2.05, 4.69) is 11.6 Å². The topological polar surface area (TPSA) is 49.3 Å². The van der Waals surface area contributed by atoms with Crippen LogP contribution in [0.25, 0.3) is 0 Å². The van der Waals surface area contributed by atoms with E-state index >= 15 is 0 Å². The van der Waals surface area contributed by atoms with Crippen LogP contribution in [-0.4, -0.2) is 28.6 Å². The fourth-order valence-corrected chi connectivity index (χ4v) is 3.21. The molecular formula is C14H19NO2S. The lowest BCUT2D eigenvalue weighted by atomic mass is 10.1. The van der Waals surface area contributed by atoms with Crippen molar-refractivity contribution in [1.82, 2.24) is 5.32 Å². The average molecular weight is 265 g/mol. The lowest BCUT2D eigenvalue weighted by molar-refractivity contribution is -0.121. The molecule has 0 heterocycles. The molecule has 4 heteroatoms. The van der Waals surface area contributed by atoms with Gasteiger partial charge in [0.2, 0.25) is 5.91 Å². The Hall–Kier alpha value is -1.16. The molecule has 1 aliphatic carbocycles. The number of rotatable bonds is 4. The minimum Gasteiger partial charge on any atom is -0.508 e. The quantitative estimate of drug-likeness (QED) is 0.878. The lowest BCUT2D eigenvalue weighted by Crippen LogP contribution is -2.34. The molecule has 1 saturated carbocycles. The van der Waals surface area contributed by atoms with Crippen molar-refractivity contribution in [2.45, 2.75) is 37.0 Å². The molecule has 2 rings (SSSR count). The van der Waals surface area contributed by atoms with Gasteiger partial charge in [-0.15, -0.1) is 0 Å². The van der Waals surface area contributed by atoms with Crippen LogP contribution < -0.4 is 5.32 Å². The first-order valence-electron chi connectivity index (χ1n) is 6.27. The van der Waals surface area contributed by atoms with Gasteiger partial charge in [0.15, 0.2) is 0 Å². The first kappa shape index (κ1) is 13.3. The number of thioether (sulfide) groups is 1. The molecule has 1 aliphatic rings. The largest absolute Gasteiger partial charge is 0.508 e. The predicted octanol–water partition coefficient (Wildman–Crippen LogP) is 2.33. The van der Waals surface area contributed by atoms with Gasteiger partial charge in [0.05, 0.1) is 6.42 Å². The van der Waals surface area contributed by atoms with Crippen LogP contribution in [0.1, 0.15) is 24.8 Å². The zero-order valence-corrected chi connectivity index (χ0v) is 11.4. The first-order valence-corrected chi connectivity index (χ1v) is 7.56. The standard InChI is InChI=1S/C14H19NO2S/c1-18-13-6-5-11(9-13)15-14(17)8-10-3-2-4-12(16)7-10/h2-4,7,11,13,16H,5-6,8-9H2,1H3,(H,15,17). The Kier molecular flexibility index (Phi) is 4.53. The van der Waals surface area contributed by atoms with Crippen LogP contribution in [0.2, 0.25) is 0 Å². The fourth-order valence-electron chi connectivity index (χ4n) is 2.42. The van der Waals surface area contributed by atoms with E-state index in [-0.39, 0.29) is 11.7 Å². The highest BCUT2D eigenvalue weighted by molar-refractivity contribution is 7.99. The lowest BCUT2D eigenvalue weighted by Gasteiger charge is -2.12. The average Bonchev–Trinajstić information content (AvgIpc) is 2.76. The van der Waals surface area contributed by atoms with Crippen molar-refractivity contribution >= 4 is 17.7 Å². The summed E-state index contributed by atoms with van der Waals surface area (Å²) in [5.41, 5.74) is 0.854. The van der Waals surface area contributed by atoms with Crippen LogP contribution >= 0.6 is 11.8 Å². The van der Waals surface area contributed by atoms with Crippen molar-refractivity contribution in [3.8, 4) is 5.75 Å². The molecule has 1 aromatic rings. The van der Waals surface area contributed by atoms with E-state index in [4.69, 9.17) is 0 Å². The highest BCUT2D eigenvalue weighted by atomic mass is 32.2. The van der Waals surface area contributed by atoms with Crippen molar-refractivity contribution in [2.24, 2.45) is 0 Å². The van der Waals surface area contributed by atoms with Gasteiger partial charge >= 0.3 is 0 Å². The minimum atomic E-state index is 0.0485. The summed E-state index contributed by atoms with van der Waals surface area (Å²) in [4.78, 5) is 11.9. The SMILES string of the molecule is CSC1CCC(NC(=O)Cc2cccc(O)c2)C1. The molecule has 2 N–H and O–H groups in total. The third-order valence-electron chi connectivity index (χ3n) is 3.36. The number of amides is 1. The Morgan fingerprint density at radius 3 is 3.00 bits per heavy atom. The molecule has 1 aromatic carbocycles. The molecule has 1 amide bonds. The second-order valence-corrected chi connectivity index (χ2v) is 5.92. The van der Waals surface area contributed by atoms with E-state index in [9.17, 15) is 9.90 Å². The number of benzene rings is 1. The summed E-state index contributed by atoms with van der Waals surface area (Å²) in [6.45, 7) is 0. The molecule has 0 radical (unpaired) electrons. The van der Waals surface area contributed by atoms with Gasteiger partial charge in [-0.2, -0.15) is 11.8 Å². The number of carbonyl (C=O) groups is 1. The minimum absolute atomic E-state index is 0.0485. The van der Waals surface area contributed by atoms with E-state index in [0.717, 1.165) is 18.4 Å². The highest BCUT2D eigenvalue weighted by Gasteiger charge is 2.24. The zero-order chi connectivity index (χ0) is 13.0. The van der Waals surface area contributed by atoms with E-state index in [1.54, 1.807) is 18.2 Å². The number of hydrogen-bond acceptors (Lipinski definition) is 3. The van der Waals surface area contributed by atoms with Gasteiger partial charge in [0, 0.05) is 11.3 Å². The number of hydrogen-bond donors (Lipinski definition) is 2. The monoisotopic (exact) mass is 265 g/mol. The zero-order valence-electron chi connectivity index (χ0n) is 10.6. The summed E-state index contributed by atoms with van der Waals surface area (Å²) in [6.07, 6.45) is 5.82. The number of carbonyl (C=O) groups excluding carboxylic acids is 1. The Morgan fingerprint density at radius 2 is 2.33 bits per heavy atom. The fraction of sp³-hybridized carbons (Fsp3) is 0.500. The van der Waals surface area contributed by atoms with Crippen LogP contribution in [0.4, 0.5) is 0 Å². The number of nitrogens with one attached hydrogen (secondary N) is 1. The Morgan fingerprint density at radius 1 is 1.50 bits per heavy atom. The number of aromatic hydroxyl groups is 1. The van der Waals surface area contributed by atoms with Gasteiger partial charge < -0.3 is 10.4 Å².